The van der Waals surface area contributed by atoms with E-state index >= 15 is 0 Å². The first-order valence-corrected chi connectivity index (χ1v) is 8.41. The molecular weight excluding hydrogens is 274 g/mol. The Labute approximate surface area is 118 Å². The summed E-state index contributed by atoms with van der Waals surface area (Å²) >= 11 is 0. The first-order valence-electron chi connectivity index (χ1n) is 6.52. The third-order valence-electron chi connectivity index (χ3n) is 3.59. The van der Waals surface area contributed by atoms with E-state index < -0.39 is 9.84 Å². The van der Waals surface area contributed by atoms with Gasteiger partial charge in [-0.25, -0.2) is 13.4 Å². The molecule has 5 nitrogen and oxygen atoms in total. The number of H-pyrrole nitrogens is 1. The molecule has 0 spiro atoms. The maximum Gasteiger partial charge on any atom is 0.175 e. The predicted octanol–water partition coefficient (Wildman–Crippen LogP) is 1.68. The van der Waals surface area contributed by atoms with E-state index in [1.54, 1.807) is 12.1 Å². The molecule has 0 fully saturated rings. The minimum absolute atomic E-state index is 0.376. The van der Waals surface area contributed by atoms with E-state index in [9.17, 15) is 8.42 Å². The molecule has 1 aliphatic rings. The Morgan fingerprint density at radius 3 is 2.85 bits per heavy atom. The summed E-state index contributed by atoms with van der Waals surface area (Å²) in [5, 5.41) is 0. The first-order chi connectivity index (χ1) is 9.43. The number of imidazole rings is 1. The molecule has 0 radical (unpaired) electrons. The third kappa shape index (κ3) is 2.43. The first kappa shape index (κ1) is 13.2. The summed E-state index contributed by atoms with van der Waals surface area (Å²) < 4.78 is 23.3. The van der Waals surface area contributed by atoms with E-state index in [1.807, 2.05) is 19.2 Å². The molecule has 6 heteroatoms. The average molecular weight is 291 g/mol. The molecule has 1 aromatic carbocycles. The lowest BCUT2D eigenvalue weighted by Gasteiger charge is -2.18. The van der Waals surface area contributed by atoms with Crippen LogP contribution in [0.4, 0.5) is 5.69 Å². The average Bonchev–Trinajstić information content (AvgIpc) is 2.95. The van der Waals surface area contributed by atoms with Crippen molar-refractivity contribution < 1.29 is 8.42 Å². The van der Waals surface area contributed by atoms with Crippen molar-refractivity contribution in [2.75, 3.05) is 17.7 Å². The highest BCUT2D eigenvalue weighted by molar-refractivity contribution is 7.90. The number of sulfone groups is 1. The van der Waals surface area contributed by atoms with Gasteiger partial charge in [-0.05, 0) is 31.0 Å². The highest BCUT2D eigenvalue weighted by Crippen LogP contribution is 2.31. The summed E-state index contributed by atoms with van der Waals surface area (Å²) in [7, 11) is -3.17. The largest absolute Gasteiger partial charge is 0.365 e. The number of benzene rings is 1. The number of nitrogens with zero attached hydrogens (tertiary/aromatic N) is 2. The molecule has 0 aliphatic carbocycles. The van der Waals surface area contributed by atoms with Crippen molar-refractivity contribution in [1.29, 1.82) is 0 Å². The predicted molar refractivity (Wildman–Crippen MR) is 77.6 cm³/mol. The lowest BCUT2D eigenvalue weighted by atomic mass is 10.2. The molecule has 1 aliphatic heterocycles. The minimum atomic E-state index is -3.17. The number of hydrogen-bond acceptors (Lipinski definition) is 4. The Hall–Kier alpha value is -1.82. The Kier molecular flexibility index (Phi) is 3.05. The van der Waals surface area contributed by atoms with Crippen LogP contribution < -0.4 is 4.90 Å². The van der Waals surface area contributed by atoms with Crippen LogP contribution in [0.5, 0.6) is 0 Å². The number of hydrogen-bond donors (Lipinski definition) is 1. The molecule has 0 saturated carbocycles. The number of nitrogens with one attached hydrogen (secondary N) is 1. The van der Waals surface area contributed by atoms with Crippen LogP contribution >= 0.6 is 0 Å². The van der Waals surface area contributed by atoms with Gasteiger partial charge in [0.1, 0.15) is 5.82 Å². The van der Waals surface area contributed by atoms with Crippen molar-refractivity contribution in [2.45, 2.75) is 24.8 Å². The molecule has 3 rings (SSSR count). The number of fused-ring (bicyclic) bond motifs is 1. The van der Waals surface area contributed by atoms with Crippen LogP contribution in [0.3, 0.4) is 0 Å². The van der Waals surface area contributed by atoms with Gasteiger partial charge in [0.15, 0.2) is 9.84 Å². The van der Waals surface area contributed by atoms with Gasteiger partial charge in [-0.1, -0.05) is 6.07 Å². The van der Waals surface area contributed by atoms with Gasteiger partial charge in [0.25, 0.3) is 0 Å². The quantitative estimate of drug-likeness (QED) is 0.934. The van der Waals surface area contributed by atoms with Gasteiger partial charge in [-0.3, -0.25) is 0 Å². The maximum atomic E-state index is 11.7. The molecule has 0 atom stereocenters. The highest BCUT2D eigenvalue weighted by Gasteiger charge is 2.22. The molecular formula is C14H17N3O2S. The van der Waals surface area contributed by atoms with Gasteiger partial charge in [0.05, 0.1) is 17.1 Å². The highest BCUT2D eigenvalue weighted by atomic mass is 32.2. The smallest absolute Gasteiger partial charge is 0.175 e. The number of aromatic nitrogens is 2. The number of anilines is 1. The van der Waals surface area contributed by atoms with Crippen LogP contribution in [0.25, 0.3) is 0 Å². The second kappa shape index (κ2) is 4.63. The topological polar surface area (TPSA) is 66.1 Å². The van der Waals surface area contributed by atoms with Crippen molar-refractivity contribution in [3.05, 3.63) is 41.5 Å². The van der Waals surface area contributed by atoms with Gasteiger partial charge >= 0.3 is 0 Å². The fourth-order valence-corrected chi connectivity index (χ4v) is 3.21. The molecule has 1 aromatic heterocycles. The standard InChI is InChI=1S/C14H17N3O2S/c1-10-15-8-12(16-10)9-17-6-5-11-3-4-13(7-14(11)17)20(2,18)19/h3-4,7-8H,5-6,9H2,1-2H3,(H,15,16). The Morgan fingerprint density at radius 1 is 1.40 bits per heavy atom. The Balaban J connectivity index is 1.92. The van der Waals surface area contributed by atoms with E-state index in [1.165, 1.54) is 11.8 Å². The molecule has 2 aromatic rings. The van der Waals surface area contributed by atoms with E-state index in [2.05, 4.69) is 14.9 Å². The van der Waals surface area contributed by atoms with Crippen LogP contribution in [0.15, 0.2) is 29.3 Å². The number of aromatic amines is 1. The van der Waals surface area contributed by atoms with Crippen LogP contribution in [-0.4, -0.2) is 31.2 Å². The molecule has 0 unspecified atom stereocenters. The molecule has 0 bridgehead atoms. The minimum Gasteiger partial charge on any atom is -0.365 e. The van der Waals surface area contributed by atoms with E-state index in [0.717, 1.165) is 30.2 Å². The van der Waals surface area contributed by atoms with Crippen molar-refractivity contribution in [2.24, 2.45) is 0 Å². The zero-order valence-corrected chi connectivity index (χ0v) is 12.4. The van der Waals surface area contributed by atoms with Crippen LogP contribution in [0.1, 0.15) is 17.1 Å². The van der Waals surface area contributed by atoms with Crippen molar-refractivity contribution in [3.8, 4) is 0 Å². The van der Waals surface area contributed by atoms with Gasteiger partial charge in [0, 0.05) is 24.7 Å². The fourth-order valence-electron chi connectivity index (χ4n) is 2.56. The number of rotatable bonds is 3. The van der Waals surface area contributed by atoms with E-state index in [-0.39, 0.29) is 0 Å². The van der Waals surface area contributed by atoms with Crippen LogP contribution in [0.2, 0.25) is 0 Å². The molecule has 1 N–H and O–H groups in total. The second-order valence-electron chi connectivity index (χ2n) is 5.21. The van der Waals surface area contributed by atoms with Gasteiger partial charge in [0.2, 0.25) is 0 Å². The maximum absolute atomic E-state index is 11.7. The molecule has 106 valence electrons. The Morgan fingerprint density at radius 2 is 2.20 bits per heavy atom. The summed E-state index contributed by atoms with van der Waals surface area (Å²) in [5.74, 6) is 0.893. The van der Waals surface area contributed by atoms with E-state index in [4.69, 9.17) is 0 Å². The molecule has 0 saturated heterocycles. The van der Waals surface area contributed by atoms with Crippen molar-refractivity contribution >= 4 is 15.5 Å². The Bertz CT molecular complexity index is 750. The van der Waals surface area contributed by atoms with Crippen LogP contribution in [-0.2, 0) is 22.8 Å². The third-order valence-corrected chi connectivity index (χ3v) is 4.70. The summed E-state index contributed by atoms with van der Waals surface area (Å²) in [6.45, 7) is 3.52. The lowest BCUT2D eigenvalue weighted by molar-refractivity contribution is 0.602. The SMILES string of the molecule is Cc1nc(CN2CCc3ccc(S(C)(=O)=O)cc32)c[nH]1. The van der Waals surface area contributed by atoms with Crippen LogP contribution in [0, 0.1) is 6.92 Å². The molecule has 0 amide bonds. The summed E-state index contributed by atoms with van der Waals surface area (Å²) in [5.41, 5.74) is 3.18. The van der Waals surface area contributed by atoms with Gasteiger partial charge in [-0.2, -0.15) is 0 Å². The van der Waals surface area contributed by atoms with Gasteiger partial charge in [-0.15, -0.1) is 0 Å². The summed E-state index contributed by atoms with van der Waals surface area (Å²) in [6.07, 6.45) is 4.08. The molecule has 20 heavy (non-hydrogen) atoms. The normalized spacial score (nSPS) is 14.6. The lowest BCUT2D eigenvalue weighted by Crippen LogP contribution is -2.20. The van der Waals surface area contributed by atoms with Gasteiger partial charge < -0.3 is 9.88 Å². The molecule has 2 heterocycles. The van der Waals surface area contributed by atoms with Crippen molar-refractivity contribution in [3.63, 3.8) is 0 Å². The van der Waals surface area contributed by atoms with E-state index in [0.29, 0.717) is 11.4 Å². The zero-order chi connectivity index (χ0) is 14.3. The monoisotopic (exact) mass is 291 g/mol. The fraction of sp³-hybridized carbons (Fsp3) is 0.357. The zero-order valence-electron chi connectivity index (χ0n) is 11.5. The van der Waals surface area contributed by atoms with Crippen molar-refractivity contribution in [1.82, 2.24) is 9.97 Å². The summed E-state index contributed by atoms with van der Waals surface area (Å²) in [6, 6.07) is 5.38. The summed E-state index contributed by atoms with van der Waals surface area (Å²) in [4.78, 5) is 10.0. The number of aryl methyl sites for hydroxylation is 1. The second-order valence-corrected chi connectivity index (χ2v) is 7.23.